The molecule has 1 N–H and O–H groups in total. The first kappa shape index (κ1) is 14.6. The van der Waals surface area contributed by atoms with E-state index in [2.05, 4.69) is 56.4 Å². The summed E-state index contributed by atoms with van der Waals surface area (Å²) in [5.74, 6) is 1.82. The maximum Gasteiger partial charge on any atom is 0.130 e. The van der Waals surface area contributed by atoms with Crippen LogP contribution in [0.3, 0.4) is 0 Å². The number of aryl methyl sites for hydroxylation is 2. The molecule has 106 valence electrons. The number of rotatable bonds is 6. The fourth-order valence-corrected chi connectivity index (χ4v) is 2.15. The number of hydrogen-bond donors (Lipinski definition) is 1. The largest absolute Gasteiger partial charge is 0.457 e. The van der Waals surface area contributed by atoms with Crippen molar-refractivity contribution in [2.24, 2.45) is 0 Å². The molecule has 0 aliphatic rings. The first-order chi connectivity index (χ1) is 9.69. The first-order valence-electron chi connectivity index (χ1n) is 7.24. The molecule has 0 spiro atoms. The van der Waals surface area contributed by atoms with E-state index in [-0.39, 0.29) is 0 Å². The molecule has 2 nitrogen and oxygen atoms in total. The normalized spacial score (nSPS) is 10.6. The number of benzene rings is 2. The van der Waals surface area contributed by atoms with Crippen molar-refractivity contribution in [2.75, 3.05) is 6.54 Å². The summed E-state index contributed by atoms with van der Waals surface area (Å²) in [6, 6.07) is 14.5. The van der Waals surface area contributed by atoms with E-state index < -0.39 is 0 Å². The summed E-state index contributed by atoms with van der Waals surface area (Å²) < 4.78 is 5.95. The average molecular weight is 269 g/mol. The van der Waals surface area contributed by atoms with E-state index in [1.54, 1.807) is 0 Å². The van der Waals surface area contributed by atoms with Gasteiger partial charge in [0, 0.05) is 6.54 Å². The van der Waals surface area contributed by atoms with Crippen LogP contribution in [0, 0.1) is 13.8 Å². The fraction of sp³-hybridized carbons (Fsp3) is 0.333. The predicted octanol–water partition coefficient (Wildman–Crippen LogP) is 4.60. The second-order valence-corrected chi connectivity index (χ2v) is 5.20. The Kier molecular flexibility index (Phi) is 5.19. The maximum atomic E-state index is 5.95. The molecule has 0 heterocycles. The quantitative estimate of drug-likeness (QED) is 0.774. The summed E-state index contributed by atoms with van der Waals surface area (Å²) in [5, 5.41) is 3.41. The summed E-state index contributed by atoms with van der Waals surface area (Å²) in [6.07, 6.45) is 1.16. The zero-order valence-corrected chi connectivity index (χ0v) is 12.6. The number of nitrogens with one attached hydrogen (secondary N) is 1. The van der Waals surface area contributed by atoms with Gasteiger partial charge in [0.1, 0.15) is 11.5 Å². The summed E-state index contributed by atoms with van der Waals surface area (Å²) in [7, 11) is 0. The SMILES string of the molecule is CCCNCc1ccc(Oc2cccc(C)c2)c(C)c1. The van der Waals surface area contributed by atoms with Crippen molar-refractivity contribution < 1.29 is 4.74 Å². The average Bonchev–Trinajstić information content (AvgIpc) is 2.42. The Bertz CT molecular complexity index is 563. The van der Waals surface area contributed by atoms with Crippen molar-refractivity contribution >= 4 is 0 Å². The molecule has 0 unspecified atom stereocenters. The van der Waals surface area contributed by atoms with Crippen LogP contribution in [0.1, 0.15) is 30.0 Å². The molecule has 2 rings (SSSR count). The van der Waals surface area contributed by atoms with Crippen LogP contribution < -0.4 is 10.1 Å². The van der Waals surface area contributed by atoms with Crippen molar-refractivity contribution in [2.45, 2.75) is 33.7 Å². The van der Waals surface area contributed by atoms with Gasteiger partial charge in [0.15, 0.2) is 0 Å². The molecule has 0 amide bonds. The lowest BCUT2D eigenvalue weighted by Gasteiger charge is -2.11. The Morgan fingerprint density at radius 1 is 1.05 bits per heavy atom. The molecule has 0 aliphatic carbocycles. The molecule has 0 aromatic heterocycles. The molecule has 0 saturated carbocycles. The van der Waals surface area contributed by atoms with Gasteiger partial charge in [-0.2, -0.15) is 0 Å². The van der Waals surface area contributed by atoms with Gasteiger partial charge in [0.25, 0.3) is 0 Å². The van der Waals surface area contributed by atoms with Crippen LogP contribution >= 0.6 is 0 Å². The lowest BCUT2D eigenvalue weighted by atomic mass is 10.1. The van der Waals surface area contributed by atoms with Crippen LogP contribution in [0.5, 0.6) is 11.5 Å². The van der Waals surface area contributed by atoms with Crippen LogP contribution in [-0.2, 0) is 6.54 Å². The standard InChI is InChI=1S/C18H23NO/c1-4-10-19-13-16-8-9-18(15(3)12-16)20-17-7-5-6-14(2)11-17/h5-9,11-12,19H,4,10,13H2,1-3H3. The van der Waals surface area contributed by atoms with Crippen molar-refractivity contribution in [1.29, 1.82) is 0 Å². The van der Waals surface area contributed by atoms with Crippen LogP contribution in [0.15, 0.2) is 42.5 Å². The topological polar surface area (TPSA) is 21.3 Å². The van der Waals surface area contributed by atoms with E-state index in [4.69, 9.17) is 4.74 Å². The predicted molar refractivity (Wildman–Crippen MR) is 84.4 cm³/mol. The van der Waals surface area contributed by atoms with Gasteiger partial charge >= 0.3 is 0 Å². The Labute approximate surface area is 121 Å². The van der Waals surface area contributed by atoms with Gasteiger partial charge in [-0.1, -0.05) is 31.2 Å². The Morgan fingerprint density at radius 3 is 2.60 bits per heavy atom. The van der Waals surface area contributed by atoms with E-state index in [9.17, 15) is 0 Å². The maximum absolute atomic E-state index is 5.95. The summed E-state index contributed by atoms with van der Waals surface area (Å²) >= 11 is 0. The van der Waals surface area contributed by atoms with E-state index >= 15 is 0 Å². The van der Waals surface area contributed by atoms with Crippen LogP contribution in [0.2, 0.25) is 0 Å². The third-order valence-corrected chi connectivity index (χ3v) is 3.21. The van der Waals surface area contributed by atoms with E-state index in [0.29, 0.717) is 0 Å². The minimum absolute atomic E-state index is 0.893. The highest BCUT2D eigenvalue weighted by molar-refractivity contribution is 5.40. The molecule has 0 fully saturated rings. The molecule has 0 aliphatic heterocycles. The smallest absolute Gasteiger partial charge is 0.130 e. The second-order valence-electron chi connectivity index (χ2n) is 5.20. The molecular formula is C18H23NO. The lowest BCUT2D eigenvalue weighted by molar-refractivity contribution is 0.478. The molecular weight excluding hydrogens is 246 g/mol. The van der Waals surface area contributed by atoms with Gasteiger partial charge in [-0.25, -0.2) is 0 Å². The third kappa shape index (κ3) is 4.10. The second kappa shape index (κ2) is 7.11. The molecule has 2 heteroatoms. The van der Waals surface area contributed by atoms with E-state index in [0.717, 1.165) is 31.0 Å². The summed E-state index contributed by atoms with van der Waals surface area (Å²) in [6.45, 7) is 8.31. The van der Waals surface area contributed by atoms with Gasteiger partial charge < -0.3 is 10.1 Å². The molecule has 0 bridgehead atoms. The van der Waals surface area contributed by atoms with Gasteiger partial charge in [0.05, 0.1) is 0 Å². The summed E-state index contributed by atoms with van der Waals surface area (Å²) in [5.41, 5.74) is 3.68. The van der Waals surface area contributed by atoms with E-state index in [1.807, 2.05) is 12.1 Å². The Morgan fingerprint density at radius 2 is 1.90 bits per heavy atom. The number of ether oxygens (including phenoxy) is 1. The number of hydrogen-bond acceptors (Lipinski definition) is 2. The van der Waals surface area contributed by atoms with Crippen LogP contribution in [0.4, 0.5) is 0 Å². The van der Waals surface area contributed by atoms with Crippen molar-refractivity contribution in [3.8, 4) is 11.5 Å². The monoisotopic (exact) mass is 269 g/mol. The zero-order valence-electron chi connectivity index (χ0n) is 12.6. The highest BCUT2D eigenvalue weighted by Crippen LogP contribution is 2.26. The highest BCUT2D eigenvalue weighted by Gasteiger charge is 2.03. The minimum Gasteiger partial charge on any atom is -0.457 e. The van der Waals surface area contributed by atoms with Crippen molar-refractivity contribution in [3.05, 3.63) is 59.2 Å². The molecule has 0 radical (unpaired) electrons. The van der Waals surface area contributed by atoms with Crippen LogP contribution in [-0.4, -0.2) is 6.54 Å². The minimum atomic E-state index is 0.893. The fourth-order valence-electron chi connectivity index (χ4n) is 2.15. The summed E-state index contributed by atoms with van der Waals surface area (Å²) in [4.78, 5) is 0. The van der Waals surface area contributed by atoms with Gasteiger partial charge in [0.2, 0.25) is 0 Å². The molecule has 2 aromatic rings. The molecule has 0 atom stereocenters. The lowest BCUT2D eigenvalue weighted by Crippen LogP contribution is -2.13. The van der Waals surface area contributed by atoms with Gasteiger partial charge in [-0.3, -0.25) is 0 Å². The first-order valence-corrected chi connectivity index (χ1v) is 7.24. The zero-order chi connectivity index (χ0) is 14.4. The van der Waals surface area contributed by atoms with Crippen LogP contribution in [0.25, 0.3) is 0 Å². The Balaban J connectivity index is 2.06. The molecule has 20 heavy (non-hydrogen) atoms. The van der Waals surface area contributed by atoms with Gasteiger partial charge in [-0.15, -0.1) is 0 Å². The molecule has 0 saturated heterocycles. The van der Waals surface area contributed by atoms with E-state index in [1.165, 1.54) is 16.7 Å². The third-order valence-electron chi connectivity index (χ3n) is 3.21. The van der Waals surface area contributed by atoms with Crippen molar-refractivity contribution in [3.63, 3.8) is 0 Å². The Hall–Kier alpha value is -1.80. The van der Waals surface area contributed by atoms with Crippen molar-refractivity contribution in [1.82, 2.24) is 5.32 Å². The molecule has 2 aromatic carbocycles. The highest BCUT2D eigenvalue weighted by atomic mass is 16.5. The van der Waals surface area contributed by atoms with Gasteiger partial charge in [-0.05, 0) is 61.7 Å².